The maximum Gasteiger partial charge on any atom is 0.136 e. The highest BCUT2D eigenvalue weighted by Gasteiger charge is 2.09. The minimum Gasteiger partial charge on any atom is -0.226 e. The fraction of sp³-hybridized carbons (Fsp3) is 0.286. The molecule has 0 N–H and O–H groups in total. The highest BCUT2D eigenvalue weighted by molar-refractivity contribution is 7.98. The average Bonchev–Trinajstić information content (AvgIpc) is 2.42. The molecule has 19 heavy (non-hydrogen) atoms. The van der Waals surface area contributed by atoms with E-state index in [0.29, 0.717) is 5.15 Å². The van der Waals surface area contributed by atoms with E-state index in [0.717, 1.165) is 33.6 Å². The van der Waals surface area contributed by atoms with Gasteiger partial charge in [0, 0.05) is 22.8 Å². The van der Waals surface area contributed by atoms with Gasteiger partial charge >= 0.3 is 0 Å². The van der Waals surface area contributed by atoms with Gasteiger partial charge < -0.3 is 0 Å². The molecule has 2 nitrogen and oxygen atoms in total. The standard InChI is InChI=1S/C14H14Cl2N2S/c1-3-12-17-13(16)9(2)14(18-12)19-8-10-4-6-11(15)7-5-10/h4-7H,3,8H2,1-2H3. The predicted molar refractivity (Wildman–Crippen MR) is 82.2 cm³/mol. The smallest absolute Gasteiger partial charge is 0.136 e. The summed E-state index contributed by atoms with van der Waals surface area (Å²) in [5, 5.41) is 2.25. The molecule has 100 valence electrons. The molecule has 0 radical (unpaired) electrons. The lowest BCUT2D eigenvalue weighted by atomic mass is 10.2. The van der Waals surface area contributed by atoms with Gasteiger partial charge in [-0.3, -0.25) is 0 Å². The third-order valence-corrected chi connectivity index (χ3v) is 4.46. The Kier molecular flexibility index (Phi) is 5.08. The Hall–Kier alpha value is -0.770. The van der Waals surface area contributed by atoms with Crippen LogP contribution in [0.15, 0.2) is 29.3 Å². The molecule has 0 saturated heterocycles. The van der Waals surface area contributed by atoms with Crippen molar-refractivity contribution in [3.05, 3.63) is 51.4 Å². The molecule has 0 aliphatic carbocycles. The van der Waals surface area contributed by atoms with E-state index in [1.165, 1.54) is 5.56 Å². The summed E-state index contributed by atoms with van der Waals surface area (Å²) in [6.07, 6.45) is 0.786. The van der Waals surface area contributed by atoms with Crippen molar-refractivity contribution >= 4 is 35.0 Å². The minimum atomic E-state index is 0.547. The third kappa shape index (κ3) is 3.85. The van der Waals surface area contributed by atoms with Crippen LogP contribution in [-0.4, -0.2) is 9.97 Å². The highest BCUT2D eigenvalue weighted by Crippen LogP contribution is 2.28. The Morgan fingerprint density at radius 1 is 1.11 bits per heavy atom. The van der Waals surface area contributed by atoms with Gasteiger partial charge in [-0.05, 0) is 24.6 Å². The van der Waals surface area contributed by atoms with Gasteiger partial charge in [0.15, 0.2) is 0 Å². The van der Waals surface area contributed by atoms with E-state index in [9.17, 15) is 0 Å². The zero-order valence-corrected chi connectivity index (χ0v) is 13.1. The fourth-order valence-corrected chi connectivity index (χ4v) is 2.89. The van der Waals surface area contributed by atoms with Gasteiger partial charge in [0.25, 0.3) is 0 Å². The minimum absolute atomic E-state index is 0.547. The van der Waals surface area contributed by atoms with E-state index in [-0.39, 0.29) is 0 Å². The second-order valence-corrected chi connectivity index (χ2v) is 5.89. The Labute approximate surface area is 127 Å². The molecule has 0 aliphatic rings. The molecule has 0 atom stereocenters. The number of halogens is 2. The number of rotatable bonds is 4. The van der Waals surface area contributed by atoms with Gasteiger partial charge in [-0.25, -0.2) is 9.97 Å². The summed E-state index contributed by atoms with van der Waals surface area (Å²) in [5.41, 5.74) is 2.15. The van der Waals surface area contributed by atoms with Crippen molar-refractivity contribution in [2.24, 2.45) is 0 Å². The summed E-state index contributed by atoms with van der Waals surface area (Å²) in [4.78, 5) is 8.77. The number of hydrogen-bond acceptors (Lipinski definition) is 3. The molecule has 0 saturated carbocycles. The van der Waals surface area contributed by atoms with Crippen molar-refractivity contribution in [3.63, 3.8) is 0 Å². The lowest BCUT2D eigenvalue weighted by molar-refractivity contribution is 0.871. The number of benzene rings is 1. The molecule has 0 fully saturated rings. The fourth-order valence-electron chi connectivity index (χ4n) is 1.54. The molecule has 0 amide bonds. The van der Waals surface area contributed by atoms with E-state index >= 15 is 0 Å². The Balaban J connectivity index is 2.14. The second kappa shape index (κ2) is 6.60. The molecule has 2 aromatic rings. The Morgan fingerprint density at radius 2 is 1.79 bits per heavy atom. The summed E-state index contributed by atoms with van der Waals surface area (Å²) < 4.78 is 0. The zero-order chi connectivity index (χ0) is 13.8. The summed E-state index contributed by atoms with van der Waals surface area (Å²) >= 11 is 13.7. The first-order chi connectivity index (χ1) is 9.10. The topological polar surface area (TPSA) is 25.8 Å². The van der Waals surface area contributed by atoms with E-state index < -0.39 is 0 Å². The second-order valence-electron chi connectivity index (χ2n) is 4.13. The molecular weight excluding hydrogens is 299 g/mol. The molecule has 2 rings (SSSR count). The molecule has 0 spiro atoms. The van der Waals surface area contributed by atoms with Crippen LogP contribution >= 0.6 is 35.0 Å². The average molecular weight is 313 g/mol. The Morgan fingerprint density at radius 3 is 2.42 bits per heavy atom. The van der Waals surface area contributed by atoms with Crippen LogP contribution in [0, 0.1) is 6.92 Å². The van der Waals surface area contributed by atoms with Crippen molar-refractivity contribution in [2.75, 3.05) is 0 Å². The number of aryl methyl sites for hydroxylation is 1. The molecule has 5 heteroatoms. The molecule has 1 aromatic heterocycles. The Bertz CT molecular complexity index is 570. The summed E-state index contributed by atoms with van der Waals surface area (Å²) in [7, 11) is 0. The van der Waals surface area contributed by atoms with Crippen molar-refractivity contribution in [2.45, 2.75) is 31.0 Å². The molecular formula is C14H14Cl2N2S. The van der Waals surface area contributed by atoms with Crippen LogP contribution in [0.4, 0.5) is 0 Å². The van der Waals surface area contributed by atoms with Gasteiger partial charge in [0.2, 0.25) is 0 Å². The number of nitrogens with zero attached hydrogens (tertiary/aromatic N) is 2. The number of aromatic nitrogens is 2. The predicted octanol–water partition coefficient (Wildman–Crippen LogP) is 4.95. The monoisotopic (exact) mass is 312 g/mol. The molecule has 0 aliphatic heterocycles. The van der Waals surface area contributed by atoms with Crippen molar-refractivity contribution in [1.29, 1.82) is 0 Å². The van der Waals surface area contributed by atoms with Gasteiger partial charge in [0.1, 0.15) is 16.0 Å². The largest absolute Gasteiger partial charge is 0.226 e. The lowest BCUT2D eigenvalue weighted by Gasteiger charge is -2.08. The molecule has 1 aromatic carbocycles. The van der Waals surface area contributed by atoms with Crippen LogP contribution in [0.1, 0.15) is 23.9 Å². The summed E-state index contributed by atoms with van der Waals surface area (Å²) in [5.74, 6) is 1.63. The highest BCUT2D eigenvalue weighted by atomic mass is 35.5. The number of thioether (sulfide) groups is 1. The van der Waals surface area contributed by atoms with Crippen LogP contribution in [0.2, 0.25) is 10.2 Å². The van der Waals surface area contributed by atoms with Crippen LogP contribution < -0.4 is 0 Å². The number of hydrogen-bond donors (Lipinski definition) is 0. The molecule has 0 bridgehead atoms. The lowest BCUT2D eigenvalue weighted by Crippen LogP contribution is -1.98. The maximum absolute atomic E-state index is 6.12. The van der Waals surface area contributed by atoms with Gasteiger partial charge in [-0.15, -0.1) is 11.8 Å². The normalized spacial score (nSPS) is 10.7. The first-order valence-electron chi connectivity index (χ1n) is 6.00. The quantitative estimate of drug-likeness (QED) is 0.590. The van der Waals surface area contributed by atoms with Crippen molar-refractivity contribution in [1.82, 2.24) is 9.97 Å². The first kappa shape index (κ1) is 14.6. The van der Waals surface area contributed by atoms with Crippen LogP contribution in [0.5, 0.6) is 0 Å². The van der Waals surface area contributed by atoms with E-state index in [4.69, 9.17) is 23.2 Å². The zero-order valence-electron chi connectivity index (χ0n) is 10.8. The third-order valence-electron chi connectivity index (χ3n) is 2.69. The van der Waals surface area contributed by atoms with E-state index in [1.807, 2.05) is 38.1 Å². The van der Waals surface area contributed by atoms with Gasteiger partial charge in [-0.1, -0.05) is 42.3 Å². The van der Waals surface area contributed by atoms with Crippen molar-refractivity contribution < 1.29 is 0 Å². The van der Waals surface area contributed by atoms with Crippen molar-refractivity contribution in [3.8, 4) is 0 Å². The van der Waals surface area contributed by atoms with Crippen LogP contribution in [0.25, 0.3) is 0 Å². The first-order valence-corrected chi connectivity index (χ1v) is 7.74. The summed E-state index contributed by atoms with van der Waals surface area (Å²) in [6, 6.07) is 7.84. The van der Waals surface area contributed by atoms with Gasteiger partial charge in [-0.2, -0.15) is 0 Å². The summed E-state index contributed by atoms with van der Waals surface area (Å²) in [6.45, 7) is 3.97. The molecule has 1 heterocycles. The van der Waals surface area contributed by atoms with Crippen LogP contribution in [0.3, 0.4) is 0 Å². The van der Waals surface area contributed by atoms with E-state index in [2.05, 4.69) is 9.97 Å². The molecule has 0 unspecified atom stereocenters. The maximum atomic E-state index is 6.12. The van der Waals surface area contributed by atoms with E-state index in [1.54, 1.807) is 11.8 Å². The van der Waals surface area contributed by atoms with Gasteiger partial charge in [0.05, 0.1) is 0 Å². The van der Waals surface area contributed by atoms with Crippen LogP contribution in [-0.2, 0) is 12.2 Å². The SMILES string of the molecule is CCc1nc(Cl)c(C)c(SCc2ccc(Cl)cc2)n1.